The maximum atomic E-state index is 12.1. The maximum absolute atomic E-state index is 12.1. The summed E-state index contributed by atoms with van der Waals surface area (Å²) in [6.07, 6.45) is 1.12. The fraction of sp³-hybridized carbons (Fsp3) is 0.500. The zero-order chi connectivity index (χ0) is 15.1. The molecule has 1 fully saturated rings. The van der Waals surface area contributed by atoms with Gasteiger partial charge in [0.05, 0.1) is 5.92 Å². The van der Waals surface area contributed by atoms with Crippen LogP contribution >= 0.6 is 0 Å². The Morgan fingerprint density at radius 1 is 1.38 bits per heavy atom. The van der Waals surface area contributed by atoms with Crippen molar-refractivity contribution < 1.29 is 14.3 Å². The fourth-order valence-corrected chi connectivity index (χ4v) is 2.49. The number of likely N-dealkylation sites (tertiary alicyclic amines) is 1. The summed E-state index contributed by atoms with van der Waals surface area (Å²) >= 11 is 0. The van der Waals surface area contributed by atoms with Gasteiger partial charge in [-0.2, -0.15) is 0 Å². The molecule has 0 spiro atoms. The summed E-state index contributed by atoms with van der Waals surface area (Å²) in [6, 6.07) is 9.77. The number of nitrogens with one attached hydrogen (secondary N) is 1. The molecule has 1 aromatic carbocycles. The molecule has 5 nitrogen and oxygen atoms in total. The Kier molecular flexibility index (Phi) is 5.75. The van der Waals surface area contributed by atoms with Crippen LogP contribution in [0.15, 0.2) is 30.3 Å². The van der Waals surface area contributed by atoms with Gasteiger partial charge in [-0.15, -0.1) is 0 Å². The first-order valence-corrected chi connectivity index (χ1v) is 7.29. The van der Waals surface area contributed by atoms with Crippen LogP contribution in [-0.4, -0.2) is 43.5 Å². The van der Waals surface area contributed by atoms with Gasteiger partial charge in [-0.25, -0.2) is 0 Å². The summed E-state index contributed by atoms with van der Waals surface area (Å²) in [7, 11) is 1.64. The predicted molar refractivity (Wildman–Crippen MR) is 79.5 cm³/mol. The predicted octanol–water partition coefficient (Wildman–Crippen LogP) is 1.19. The first-order valence-electron chi connectivity index (χ1n) is 7.29. The number of carbonyl (C=O) groups excluding carboxylic acids is 2. The van der Waals surface area contributed by atoms with E-state index in [1.54, 1.807) is 12.0 Å². The molecular weight excluding hydrogens is 268 g/mol. The van der Waals surface area contributed by atoms with E-state index in [4.69, 9.17) is 4.74 Å². The molecule has 1 aliphatic heterocycles. The van der Waals surface area contributed by atoms with Crippen molar-refractivity contribution in [3.05, 3.63) is 35.9 Å². The molecule has 0 saturated carbocycles. The second-order valence-corrected chi connectivity index (χ2v) is 5.29. The second-order valence-electron chi connectivity index (χ2n) is 5.29. The minimum absolute atomic E-state index is 0.0403. The third-order valence-electron chi connectivity index (χ3n) is 3.67. The fourth-order valence-electron chi connectivity index (χ4n) is 2.49. The number of amides is 2. The number of ether oxygens (including phenoxy) is 1. The molecule has 1 aliphatic rings. The lowest BCUT2D eigenvalue weighted by atomic mass is 10.1. The van der Waals surface area contributed by atoms with Gasteiger partial charge in [-0.1, -0.05) is 30.3 Å². The van der Waals surface area contributed by atoms with E-state index in [-0.39, 0.29) is 17.7 Å². The van der Waals surface area contributed by atoms with Crippen LogP contribution in [0.3, 0.4) is 0 Å². The van der Waals surface area contributed by atoms with Crippen molar-refractivity contribution in [2.24, 2.45) is 5.92 Å². The van der Waals surface area contributed by atoms with E-state index < -0.39 is 0 Å². The van der Waals surface area contributed by atoms with Crippen molar-refractivity contribution in [1.29, 1.82) is 0 Å². The molecule has 0 aliphatic carbocycles. The second kappa shape index (κ2) is 7.78. The smallest absolute Gasteiger partial charge is 0.225 e. The lowest BCUT2D eigenvalue weighted by Crippen LogP contribution is -2.33. The van der Waals surface area contributed by atoms with Gasteiger partial charge in [0.1, 0.15) is 0 Å². The molecule has 114 valence electrons. The number of benzene rings is 1. The zero-order valence-electron chi connectivity index (χ0n) is 12.4. The molecule has 2 amide bonds. The summed E-state index contributed by atoms with van der Waals surface area (Å²) in [5, 5.41) is 2.91. The highest BCUT2D eigenvalue weighted by Gasteiger charge is 2.33. The van der Waals surface area contributed by atoms with E-state index in [1.807, 2.05) is 30.3 Å². The topological polar surface area (TPSA) is 58.6 Å². The number of rotatable bonds is 7. The summed E-state index contributed by atoms with van der Waals surface area (Å²) in [5.74, 6) is -0.212. The Labute approximate surface area is 125 Å². The zero-order valence-corrected chi connectivity index (χ0v) is 12.4. The summed E-state index contributed by atoms with van der Waals surface area (Å²) in [5.41, 5.74) is 1.06. The first kappa shape index (κ1) is 15.5. The average Bonchev–Trinajstić information content (AvgIpc) is 2.87. The summed E-state index contributed by atoms with van der Waals surface area (Å²) in [6.45, 7) is 2.32. The summed E-state index contributed by atoms with van der Waals surface area (Å²) in [4.78, 5) is 25.7. The van der Waals surface area contributed by atoms with Crippen molar-refractivity contribution in [3.8, 4) is 0 Å². The van der Waals surface area contributed by atoms with Gasteiger partial charge in [0.25, 0.3) is 0 Å². The number of carbonyl (C=O) groups is 2. The Hall–Kier alpha value is -1.88. The lowest BCUT2D eigenvalue weighted by Gasteiger charge is -2.16. The minimum Gasteiger partial charge on any atom is -0.385 e. The van der Waals surface area contributed by atoms with Gasteiger partial charge in [0.2, 0.25) is 11.8 Å². The molecule has 5 heteroatoms. The van der Waals surface area contributed by atoms with E-state index in [0.717, 1.165) is 12.0 Å². The normalized spacial score (nSPS) is 18.0. The van der Waals surface area contributed by atoms with Gasteiger partial charge in [0.15, 0.2) is 0 Å². The minimum atomic E-state index is -0.233. The van der Waals surface area contributed by atoms with Crippen LogP contribution in [0.2, 0.25) is 0 Å². The average molecular weight is 290 g/mol. The third kappa shape index (κ3) is 4.56. The van der Waals surface area contributed by atoms with Crippen molar-refractivity contribution in [2.45, 2.75) is 19.4 Å². The van der Waals surface area contributed by atoms with Crippen LogP contribution in [0.5, 0.6) is 0 Å². The summed E-state index contributed by atoms with van der Waals surface area (Å²) < 4.78 is 4.98. The van der Waals surface area contributed by atoms with E-state index in [1.165, 1.54) is 0 Å². The van der Waals surface area contributed by atoms with E-state index in [2.05, 4.69) is 5.32 Å². The van der Waals surface area contributed by atoms with Crippen LogP contribution in [-0.2, 0) is 20.9 Å². The number of nitrogens with zero attached hydrogens (tertiary/aromatic N) is 1. The Bertz CT molecular complexity index is 476. The maximum Gasteiger partial charge on any atom is 0.225 e. The van der Waals surface area contributed by atoms with Crippen LogP contribution in [0.1, 0.15) is 18.4 Å². The third-order valence-corrected chi connectivity index (χ3v) is 3.67. The van der Waals surface area contributed by atoms with Crippen molar-refractivity contribution in [2.75, 3.05) is 26.8 Å². The van der Waals surface area contributed by atoms with Gasteiger partial charge >= 0.3 is 0 Å². The van der Waals surface area contributed by atoms with Crippen LogP contribution < -0.4 is 5.32 Å². The van der Waals surface area contributed by atoms with Gasteiger partial charge in [-0.3, -0.25) is 9.59 Å². The molecule has 0 radical (unpaired) electrons. The molecule has 0 aromatic heterocycles. The molecular formula is C16H22N2O3. The largest absolute Gasteiger partial charge is 0.385 e. The van der Waals surface area contributed by atoms with Gasteiger partial charge in [-0.05, 0) is 12.0 Å². The highest BCUT2D eigenvalue weighted by atomic mass is 16.5. The molecule has 2 rings (SSSR count). The molecule has 1 aromatic rings. The Morgan fingerprint density at radius 2 is 2.14 bits per heavy atom. The Balaban J connectivity index is 1.77. The highest BCUT2D eigenvalue weighted by molar-refractivity contribution is 5.89. The molecule has 1 N–H and O–H groups in total. The monoisotopic (exact) mass is 290 g/mol. The number of hydrogen-bond donors (Lipinski definition) is 1. The van der Waals surface area contributed by atoms with Crippen LogP contribution in [0.25, 0.3) is 0 Å². The number of methoxy groups -OCH3 is 1. The van der Waals surface area contributed by atoms with Crippen molar-refractivity contribution in [3.63, 3.8) is 0 Å². The van der Waals surface area contributed by atoms with Crippen LogP contribution in [0, 0.1) is 5.92 Å². The standard InChI is InChI=1S/C16H22N2O3/c1-21-9-5-8-18-12-14(10-15(18)19)16(20)17-11-13-6-3-2-4-7-13/h2-4,6-7,14H,5,8-12H2,1H3,(H,17,20). The van der Waals surface area contributed by atoms with Crippen molar-refractivity contribution in [1.82, 2.24) is 10.2 Å². The van der Waals surface area contributed by atoms with E-state index in [9.17, 15) is 9.59 Å². The van der Waals surface area contributed by atoms with Crippen LogP contribution in [0.4, 0.5) is 0 Å². The SMILES string of the molecule is COCCCN1CC(C(=O)NCc2ccccc2)CC1=O. The molecule has 1 saturated heterocycles. The molecule has 21 heavy (non-hydrogen) atoms. The molecule has 1 atom stereocenters. The van der Waals surface area contributed by atoms with Gasteiger partial charge in [0, 0.05) is 39.8 Å². The molecule has 0 bridgehead atoms. The lowest BCUT2D eigenvalue weighted by molar-refractivity contribution is -0.129. The van der Waals surface area contributed by atoms with Gasteiger partial charge < -0.3 is 15.0 Å². The highest BCUT2D eigenvalue weighted by Crippen LogP contribution is 2.18. The molecule has 1 heterocycles. The van der Waals surface area contributed by atoms with E-state index >= 15 is 0 Å². The molecule has 1 unspecified atom stereocenters. The van der Waals surface area contributed by atoms with Crippen molar-refractivity contribution >= 4 is 11.8 Å². The number of hydrogen-bond acceptors (Lipinski definition) is 3. The van der Waals surface area contributed by atoms with E-state index in [0.29, 0.717) is 32.7 Å². The quantitative estimate of drug-likeness (QED) is 0.767. The Morgan fingerprint density at radius 3 is 2.86 bits per heavy atom. The first-order chi connectivity index (χ1) is 10.2.